The number of nitro benzene ring substituents is 2. The highest BCUT2D eigenvalue weighted by Crippen LogP contribution is 2.32. The summed E-state index contributed by atoms with van der Waals surface area (Å²) in [6.07, 6.45) is 1.45. The maximum Gasteiger partial charge on any atom is 0.289 e. The van der Waals surface area contributed by atoms with E-state index in [1.165, 1.54) is 55.3 Å². The molecule has 6 aromatic rings. The molecule has 0 saturated carbocycles. The van der Waals surface area contributed by atoms with Gasteiger partial charge >= 0.3 is 0 Å². The highest BCUT2D eigenvalue weighted by molar-refractivity contribution is 7.89. The Kier molecular flexibility index (Phi) is 15.0. The van der Waals surface area contributed by atoms with Crippen LogP contribution < -0.4 is 14.5 Å². The van der Waals surface area contributed by atoms with E-state index in [0.717, 1.165) is 51.5 Å². The number of halogens is 2. The topological polar surface area (TPSA) is 203 Å². The van der Waals surface area contributed by atoms with Crippen LogP contribution in [0.15, 0.2) is 105 Å². The fourth-order valence-electron chi connectivity index (χ4n) is 7.04. The van der Waals surface area contributed by atoms with Gasteiger partial charge in [-0.1, -0.05) is 65.2 Å². The van der Waals surface area contributed by atoms with Gasteiger partial charge in [-0.05, 0) is 54.4 Å². The minimum Gasteiger partial charge on any atom is -0.497 e. The minimum absolute atomic E-state index is 0.0935. The quantitative estimate of drug-likeness (QED) is 0.0798. The molecule has 4 aromatic carbocycles. The summed E-state index contributed by atoms with van der Waals surface area (Å²) in [5.74, 6) is 0.804. The van der Waals surface area contributed by atoms with Crippen molar-refractivity contribution in [2.75, 3.05) is 69.3 Å². The van der Waals surface area contributed by atoms with Gasteiger partial charge < -0.3 is 14.5 Å². The predicted octanol–water partition coefficient (Wildman–Crippen LogP) is 7.93. The van der Waals surface area contributed by atoms with Crippen LogP contribution in [0.5, 0.6) is 5.75 Å². The van der Waals surface area contributed by atoms with Crippen LogP contribution in [0.4, 0.5) is 21.6 Å². The molecule has 2 aliphatic heterocycles. The first-order valence-electron chi connectivity index (χ1n) is 20.0. The van der Waals surface area contributed by atoms with Crippen molar-refractivity contribution in [1.29, 1.82) is 0 Å². The van der Waals surface area contributed by atoms with Crippen molar-refractivity contribution in [2.45, 2.75) is 29.6 Å². The van der Waals surface area contributed by atoms with Crippen molar-refractivity contribution in [3.8, 4) is 5.75 Å². The lowest BCUT2D eigenvalue weighted by Gasteiger charge is -2.33. The summed E-state index contributed by atoms with van der Waals surface area (Å²) in [7, 11) is -6.09. The lowest BCUT2D eigenvalue weighted by atomic mass is 10.1. The normalized spacial score (nSPS) is 15.0. The second-order valence-corrected chi connectivity index (χ2v) is 21.3. The number of nitro groups is 2. The third-order valence-electron chi connectivity index (χ3n) is 10.7. The predicted molar refractivity (Wildman–Crippen MR) is 252 cm³/mol. The third-order valence-corrected chi connectivity index (χ3v) is 17.0. The highest BCUT2D eigenvalue weighted by atomic mass is 35.5. The van der Waals surface area contributed by atoms with Crippen molar-refractivity contribution in [2.24, 2.45) is 0 Å². The first kappa shape index (κ1) is 47.7. The number of hydrogen-bond acceptors (Lipinski definition) is 15. The van der Waals surface area contributed by atoms with Crippen molar-refractivity contribution < 1.29 is 31.4 Å². The Morgan fingerprint density at radius 2 is 1.00 bits per heavy atom. The zero-order valence-electron chi connectivity index (χ0n) is 34.9. The van der Waals surface area contributed by atoms with Crippen LogP contribution >= 0.6 is 45.9 Å². The van der Waals surface area contributed by atoms with Crippen LogP contribution in [-0.4, -0.2) is 105 Å². The number of hydrogen-bond donors (Lipinski definition) is 0. The Bertz CT molecular complexity index is 2890. The molecule has 2 aromatic heterocycles. The van der Waals surface area contributed by atoms with Gasteiger partial charge in [-0.2, -0.15) is 8.61 Å². The van der Waals surface area contributed by atoms with E-state index in [9.17, 15) is 37.1 Å². The SMILES string of the molecule is COc1ccc(Cc2csc(N3CCN(S(=O)(=O)c4ccc(Cl)c([N+](=O)[O-])c4)CC3)n2)cc1.Cc1ccc(Cc2csc(N3CCN(S(=O)(=O)c4ccc(Cl)c([N+](=O)[O-])c4)CC3)n2)cc1. The molecule has 0 N–H and O–H groups in total. The smallest absolute Gasteiger partial charge is 0.289 e. The van der Waals surface area contributed by atoms with E-state index in [0.29, 0.717) is 32.6 Å². The first-order valence-corrected chi connectivity index (χ1v) is 25.4. The van der Waals surface area contributed by atoms with E-state index < -0.39 is 41.3 Å². The Hall–Kier alpha value is -5.26. The summed E-state index contributed by atoms with van der Waals surface area (Å²) in [5, 5.41) is 27.8. The van der Waals surface area contributed by atoms with Gasteiger partial charge in [-0.3, -0.25) is 20.2 Å². The van der Waals surface area contributed by atoms with Gasteiger partial charge in [0.15, 0.2) is 10.3 Å². The number of methoxy groups -OCH3 is 1. The minimum atomic E-state index is -3.87. The number of nitrogens with zero attached hydrogens (tertiary/aromatic N) is 8. The summed E-state index contributed by atoms with van der Waals surface area (Å²) in [4.78, 5) is 34.2. The van der Waals surface area contributed by atoms with Gasteiger partial charge in [0.2, 0.25) is 20.0 Å². The highest BCUT2D eigenvalue weighted by Gasteiger charge is 2.33. The molecular formula is C42H42Cl2N8O9S4. The van der Waals surface area contributed by atoms with Crippen LogP contribution in [0.3, 0.4) is 0 Å². The van der Waals surface area contributed by atoms with Crippen LogP contribution in [0.2, 0.25) is 10.0 Å². The summed E-state index contributed by atoms with van der Waals surface area (Å²) in [5.41, 5.74) is 4.62. The maximum absolute atomic E-state index is 13.0. The van der Waals surface area contributed by atoms with Crippen LogP contribution in [0.25, 0.3) is 0 Å². The average molecular weight is 1000 g/mol. The van der Waals surface area contributed by atoms with Crippen molar-refractivity contribution in [1.82, 2.24) is 18.6 Å². The number of aromatic nitrogens is 2. The maximum atomic E-state index is 13.0. The van der Waals surface area contributed by atoms with Gasteiger partial charge in [0.05, 0.1) is 38.1 Å². The van der Waals surface area contributed by atoms with Gasteiger partial charge in [0.1, 0.15) is 15.8 Å². The molecule has 65 heavy (non-hydrogen) atoms. The molecule has 2 fully saturated rings. The van der Waals surface area contributed by atoms with Gasteiger partial charge in [0.25, 0.3) is 11.4 Å². The van der Waals surface area contributed by atoms with E-state index >= 15 is 0 Å². The molecule has 0 atom stereocenters. The molecule has 0 bridgehead atoms. The van der Waals surface area contributed by atoms with Gasteiger partial charge in [-0.15, -0.1) is 22.7 Å². The Morgan fingerprint density at radius 1 is 0.615 bits per heavy atom. The summed E-state index contributed by atoms with van der Waals surface area (Å²) < 4.78 is 59.8. The molecule has 342 valence electrons. The molecule has 0 unspecified atom stereocenters. The number of piperazine rings is 2. The molecule has 0 radical (unpaired) electrons. The van der Waals surface area contributed by atoms with Crippen molar-refractivity contribution >= 4 is 87.6 Å². The van der Waals surface area contributed by atoms with E-state index in [1.54, 1.807) is 18.4 Å². The number of rotatable bonds is 13. The van der Waals surface area contributed by atoms with E-state index in [-0.39, 0.29) is 46.0 Å². The van der Waals surface area contributed by atoms with Crippen LogP contribution in [-0.2, 0) is 32.9 Å². The molecule has 23 heteroatoms. The number of anilines is 2. The summed E-state index contributed by atoms with van der Waals surface area (Å²) in [6.45, 7) is 5.04. The second kappa shape index (κ2) is 20.5. The average Bonchev–Trinajstić information content (AvgIpc) is 3.98. The van der Waals surface area contributed by atoms with Crippen molar-refractivity contribution in [3.63, 3.8) is 0 Å². The van der Waals surface area contributed by atoms with E-state index in [4.69, 9.17) is 37.9 Å². The number of sulfonamides is 2. The zero-order chi connectivity index (χ0) is 46.5. The van der Waals surface area contributed by atoms with E-state index in [2.05, 4.69) is 41.0 Å². The molecule has 17 nitrogen and oxygen atoms in total. The molecule has 4 heterocycles. The summed E-state index contributed by atoms with van der Waals surface area (Å²) in [6, 6.07) is 23.3. The van der Waals surface area contributed by atoms with Gasteiger partial charge in [-0.25, -0.2) is 26.8 Å². The second-order valence-electron chi connectivity index (χ2n) is 15.0. The lowest BCUT2D eigenvalue weighted by Crippen LogP contribution is -2.48. The fraction of sp³-hybridized carbons (Fsp3) is 0.286. The zero-order valence-corrected chi connectivity index (χ0v) is 39.7. The van der Waals surface area contributed by atoms with E-state index in [1.807, 2.05) is 35.0 Å². The Morgan fingerprint density at radius 3 is 1.37 bits per heavy atom. The third kappa shape index (κ3) is 11.4. The van der Waals surface area contributed by atoms with Gasteiger partial charge in [0, 0.05) is 88.1 Å². The van der Waals surface area contributed by atoms with Crippen LogP contribution in [0, 0.1) is 27.2 Å². The fourth-order valence-corrected chi connectivity index (χ4v) is 12.1. The van der Waals surface area contributed by atoms with Crippen molar-refractivity contribution in [3.05, 3.63) is 154 Å². The summed E-state index contributed by atoms with van der Waals surface area (Å²) >= 11 is 14.7. The van der Waals surface area contributed by atoms with Crippen LogP contribution in [0.1, 0.15) is 28.1 Å². The Labute approximate surface area is 393 Å². The molecule has 2 aliphatic rings. The monoisotopic (exact) mass is 1000 g/mol. The number of thiazole rings is 2. The molecule has 8 rings (SSSR count). The molecule has 0 amide bonds. The standard InChI is InChI=1S/C21H21ClN4O5S2.C21H21ClN4O4S2/c1-31-17-4-2-15(3-5-17)12-16-14-32-21(23-16)24-8-10-25(11-9-24)33(29,30)18-6-7-19(22)20(13-18)26(27)28;1-15-2-4-16(5-3-15)12-17-14-31-21(23-17)24-8-10-25(11-9-24)32(29,30)18-6-7-19(22)20(13-18)26(27)28/h2-7,13-14H,8-12H2,1H3;2-7,13-14H,8-12H2,1H3. The Balaban J connectivity index is 0.000000194. The number of benzene rings is 4. The number of ether oxygens (including phenoxy) is 1. The lowest BCUT2D eigenvalue weighted by molar-refractivity contribution is -0.385. The molecular weight excluding hydrogens is 960 g/mol. The first-order chi connectivity index (χ1) is 31.0. The number of aryl methyl sites for hydroxylation is 1. The molecule has 0 spiro atoms. The molecule has 2 saturated heterocycles. The molecule has 0 aliphatic carbocycles. The largest absolute Gasteiger partial charge is 0.497 e.